The highest BCUT2D eigenvalue weighted by molar-refractivity contribution is 5.93. The largest absolute Gasteiger partial charge is 0.483 e. The SMILES string of the molecule is CCc1cccc(CC)c1NC(=O)COc1ccccc1CO. The lowest BCUT2D eigenvalue weighted by molar-refractivity contribution is -0.118. The van der Waals surface area contributed by atoms with Crippen LogP contribution in [0.2, 0.25) is 0 Å². The van der Waals surface area contributed by atoms with E-state index in [4.69, 9.17) is 4.74 Å². The number of carbonyl (C=O) groups is 1. The zero-order chi connectivity index (χ0) is 16.7. The summed E-state index contributed by atoms with van der Waals surface area (Å²) < 4.78 is 5.54. The normalized spacial score (nSPS) is 10.4. The van der Waals surface area contributed by atoms with Crippen LogP contribution < -0.4 is 10.1 Å². The highest BCUT2D eigenvalue weighted by atomic mass is 16.5. The van der Waals surface area contributed by atoms with E-state index in [2.05, 4.69) is 19.2 Å². The molecule has 0 unspecified atom stereocenters. The van der Waals surface area contributed by atoms with E-state index in [1.165, 1.54) is 0 Å². The minimum atomic E-state index is -0.201. The molecule has 0 aliphatic heterocycles. The van der Waals surface area contributed by atoms with Crippen molar-refractivity contribution in [2.75, 3.05) is 11.9 Å². The topological polar surface area (TPSA) is 58.6 Å². The third-order valence-electron chi connectivity index (χ3n) is 3.76. The summed E-state index contributed by atoms with van der Waals surface area (Å²) >= 11 is 0. The Labute approximate surface area is 137 Å². The van der Waals surface area contributed by atoms with Gasteiger partial charge in [-0.15, -0.1) is 0 Å². The van der Waals surface area contributed by atoms with Gasteiger partial charge in [-0.3, -0.25) is 4.79 Å². The number of carbonyl (C=O) groups excluding carboxylic acids is 1. The fourth-order valence-electron chi connectivity index (χ4n) is 2.50. The van der Waals surface area contributed by atoms with Crippen LogP contribution in [0.1, 0.15) is 30.5 Å². The first kappa shape index (κ1) is 17.0. The maximum atomic E-state index is 12.2. The monoisotopic (exact) mass is 313 g/mol. The lowest BCUT2D eigenvalue weighted by atomic mass is 10.0. The number of ether oxygens (including phenoxy) is 1. The van der Waals surface area contributed by atoms with Crippen LogP contribution in [0.4, 0.5) is 5.69 Å². The first-order valence-electron chi connectivity index (χ1n) is 7.91. The molecule has 2 aromatic rings. The van der Waals surface area contributed by atoms with Crippen LogP contribution in [0.5, 0.6) is 5.75 Å². The molecular weight excluding hydrogens is 290 g/mol. The van der Waals surface area contributed by atoms with Gasteiger partial charge in [-0.1, -0.05) is 50.2 Å². The Hall–Kier alpha value is -2.33. The van der Waals surface area contributed by atoms with Crippen LogP contribution >= 0.6 is 0 Å². The van der Waals surface area contributed by atoms with Crippen LogP contribution in [0.3, 0.4) is 0 Å². The zero-order valence-electron chi connectivity index (χ0n) is 13.6. The van der Waals surface area contributed by atoms with Crippen LogP contribution in [0.25, 0.3) is 0 Å². The highest BCUT2D eigenvalue weighted by Crippen LogP contribution is 2.23. The van der Waals surface area contributed by atoms with Gasteiger partial charge in [-0.05, 0) is 30.0 Å². The first-order valence-corrected chi connectivity index (χ1v) is 7.91. The van der Waals surface area contributed by atoms with Gasteiger partial charge in [0.25, 0.3) is 5.91 Å². The molecule has 0 heterocycles. The summed E-state index contributed by atoms with van der Waals surface area (Å²) in [6.07, 6.45) is 1.72. The summed E-state index contributed by atoms with van der Waals surface area (Å²) in [4.78, 5) is 12.2. The number of hydrogen-bond donors (Lipinski definition) is 2. The third-order valence-corrected chi connectivity index (χ3v) is 3.76. The standard InChI is InChI=1S/C19H23NO3/c1-3-14-9-7-10-15(4-2)19(14)20-18(22)13-23-17-11-6-5-8-16(17)12-21/h5-11,21H,3-4,12-13H2,1-2H3,(H,20,22). The summed E-state index contributed by atoms with van der Waals surface area (Å²) in [6.45, 7) is 3.94. The number of nitrogens with one attached hydrogen (secondary N) is 1. The van der Waals surface area contributed by atoms with Gasteiger partial charge >= 0.3 is 0 Å². The number of hydrogen-bond acceptors (Lipinski definition) is 3. The van der Waals surface area contributed by atoms with Crippen LogP contribution in [0.15, 0.2) is 42.5 Å². The second-order valence-electron chi connectivity index (χ2n) is 5.26. The number of benzene rings is 2. The number of aliphatic hydroxyl groups is 1. The molecule has 0 aliphatic rings. The van der Waals surface area contributed by atoms with Crippen molar-refractivity contribution in [2.45, 2.75) is 33.3 Å². The van der Waals surface area contributed by atoms with Crippen molar-refractivity contribution in [3.63, 3.8) is 0 Å². The second-order valence-corrected chi connectivity index (χ2v) is 5.26. The van der Waals surface area contributed by atoms with Crippen molar-refractivity contribution in [3.05, 3.63) is 59.2 Å². The summed E-state index contributed by atoms with van der Waals surface area (Å²) in [7, 11) is 0. The Kier molecular flexibility index (Phi) is 6.18. The Bertz CT molecular complexity index is 645. The molecular formula is C19H23NO3. The molecule has 0 saturated heterocycles. The number of anilines is 1. The average Bonchev–Trinajstić information content (AvgIpc) is 2.60. The molecule has 0 aliphatic carbocycles. The molecule has 2 N–H and O–H groups in total. The van der Waals surface area contributed by atoms with E-state index in [0.717, 1.165) is 29.7 Å². The quantitative estimate of drug-likeness (QED) is 0.824. The predicted molar refractivity (Wildman–Crippen MR) is 91.7 cm³/mol. The van der Waals surface area contributed by atoms with E-state index >= 15 is 0 Å². The Morgan fingerprint density at radius 1 is 1.00 bits per heavy atom. The second kappa shape index (κ2) is 8.34. The van der Waals surface area contributed by atoms with Crippen molar-refractivity contribution >= 4 is 11.6 Å². The fourth-order valence-corrected chi connectivity index (χ4v) is 2.50. The third kappa shape index (κ3) is 4.33. The van der Waals surface area contributed by atoms with Crippen molar-refractivity contribution in [2.24, 2.45) is 0 Å². The van der Waals surface area contributed by atoms with Crippen LogP contribution in [-0.4, -0.2) is 17.6 Å². The van der Waals surface area contributed by atoms with Gasteiger partial charge in [-0.25, -0.2) is 0 Å². The summed E-state index contributed by atoms with van der Waals surface area (Å²) in [5, 5.41) is 12.2. The van der Waals surface area contributed by atoms with Gasteiger partial charge in [0.1, 0.15) is 5.75 Å². The lowest BCUT2D eigenvalue weighted by Gasteiger charge is -2.15. The lowest BCUT2D eigenvalue weighted by Crippen LogP contribution is -2.22. The molecule has 2 rings (SSSR count). The minimum Gasteiger partial charge on any atom is -0.483 e. The number of rotatable bonds is 7. The van der Waals surface area contributed by atoms with Gasteiger partial charge in [0, 0.05) is 11.3 Å². The van der Waals surface area contributed by atoms with E-state index in [0.29, 0.717) is 11.3 Å². The Morgan fingerprint density at radius 3 is 2.22 bits per heavy atom. The fraction of sp³-hybridized carbons (Fsp3) is 0.316. The Balaban J connectivity index is 2.06. The first-order chi connectivity index (χ1) is 11.2. The van der Waals surface area contributed by atoms with Crippen LogP contribution in [-0.2, 0) is 24.2 Å². The molecule has 4 heteroatoms. The summed E-state index contributed by atoms with van der Waals surface area (Å²) in [5.41, 5.74) is 3.80. The number of aryl methyl sites for hydroxylation is 2. The molecule has 1 amide bonds. The average molecular weight is 313 g/mol. The Morgan fingerprint density at radius 2 is 1.61 bits per heavy atom. The maximum absolute atomic E-state index is 12.2. The van der Waals surface area contributed by atoms with Crippen molar-refractivity contribution in [1.82, 2.24) is 0 Å². The molecule has 0 saturated carbocycles. The molecule has 0 radical (unpaired) electrons. The molecule has 0 spiro atoms. The number of amides is 1. The van der Waals surface area contributed by atoms with Crippen molar-refractivity contribution in [3.8, 4) is 5.75 Å². The van der Waals surface area contributed by atoms with E-state index in [1.807, 2.05) is 30.3 Å². The van der Waals surface area contributed by atoms with Gasteiger partial charge < -0.3 is 15.2 Å². The van der Waals surface area contributed by atoms with E-state index in [-0.39, 0.29) is 19.1 Å². The summed E-state index contributed by atoms with van der Waals surface area (Å²) in [5.74, 6) is 0.331. The van der Waals surface area contributed by atoms with E-state index in [9.17, 15) is 9.90 Å². The van der Waals surface area contributed by atoms with Gasteiger partial charge in [0.05, 0.1) is 6.61 Å². The van der Waals surface area contributed by atoms with E-state index < -0.39 is 0 Å². The van der Waals surface area contributed by atoms with Gasteiger partial charge in [0.2, 0.25) is 0 Å². The van der Waals surface area contributed by atoms with Gasteiger partial charge in [0.15, 0.2) is 6.61 Å². The molecule has 0 fully saturated rings. The highest BCUT2D eigenvalue weighted by Gasteiger charge is 2.11. The van der Waals surface area contributed by atoms with Crippen molar-refractivity contribution < 1.29 is 14.6 Å². The molecule has 23 heavy (non-hydrogen) atoms. The minimum absolute atomic E-state index is 0.0851. The zero-order valence-corrected chi connectivity index (χ0v) is 13.6. The molecule has 2 aromatic carbocycles. The molecule has 0 bridgehead atoms. The van der Waals surface area contributed by atoms with Crippen molar-refractivity contribution in [1.29, 1.82) is 0 Å². The molecule has 122 valence electrons. The maximum Gasteiger partial charge on any atom is 0.262 e. The van der Waals surface area contributed by atoms with Gasteiger partial charge in [-0.2, -0.15) is 0 Å². The smallest absolute Gasteiger partial charge is 0.262 e. The summed E-state index contributed by atoms with van der Waals surface area (Å²) in [6, 6.07) is 13.2. The number of para-hydroxylation sites is 2. The molecule has 0 aromatic heterocycles. The predicted octanol–water partition coefficient (Wildman–Crippen LogP) is 3.32. The number of aliphatic hydroxyl groups excluding tert-OH is 1. The molecule has 0 atom stereocenters. The van der Waals surface area contributed by atoms with E-state index in [1.54, 1.807) is 12.1 Å². The van der Waals surface area contributed by atoms with Crippen LogP contribution in [0, 0.1) is 0 Å². The molecule has 4 nitrogen and oxygen atoms in total.